The average molecular weight is 295 g/mol. The van der Waals surface area contributed by atoms with Gasteiger partial charge in [-0.1, -0.05) is 12.1 Å². The standard InChI is InChI=1S/C15H18FNO4/c1-2-17(13-9-21-8-12(13)15(19)20)14(18)7-10-4-3-5-11(16)6-10/h3-6,12-13H,2,7-9H2,1H3,(H,19,20). The molecule has 21 heavy (non-hydrogen) atoms. The number of rotatable bonds is 5. The van der Waals surface area contributed by atoms with Gasteiger partial charge in [0.2, 0.25) is 5.91 Å². The first-order valence-electron chi connectivity index (χ1n) is 6.87. The van der Waals surface area contributed by atoms with Crippen molar-refractivity contribution >= 4 is 11.9 Å². The van der Waals surface area contributed by atoms with Gasteiger partial charge in [0, 0.05) is 6.54 Å². The van der Waals surface area contributed by atoms with E-state index in [1.165, 1.54) is 17.0 Å². The highest BCUT2D eigenvalue weighted by molar-refractivity contribution is 5.80. The Morgan fingerprint density at radius 2 is 2.19 bits per heavy atom. The summed E-state index contributed by atoms with van der Waals surface area (Å²) in [6.07, 6.45) is 0.0500. The van der Waals surface area contributed by atoms with E-state index in [0.29, 0.717) is 12.1 Å². The van der Waals surface area contributed by atoms with E-state index in [1.807, 2.05) is 0 Å². The Morgan fingerprint density at radius 1 is 1.43 bits per heavy atom. The van der Waals surface area contributed by atoms with Gasteiger partial charge in [-0.25, -0.2) is 4.39 Å². The molecule has 1 saturated heterocycles. The van der Waals surface area contributed by atoms with Gasteiger partial charge >= 0.3 is 5.97 Å². The van der Waals surface area contributed by atoms with Gasteiger partial charge in [-0.05, 0) is 24.6 Å². The number of benzene rings is 1. The molecule has 0 aromatic heterocycles. The second kappa shape index (κ2) is 6.67. The smallest absolute Gasteiger partial charge is 0.311 e. The molecule has 2 rings (SSSR count). The largest absolute Gasteiger partial charge is 0.481 e. The van der Waals surface area contributed by atoms with Crippen LogP contribution in [0.5, 0.6) is 0 Å². The average Bonchev–Trinajstić information content (AvgIpc) is 2.89. The highest BCUT2D eigenvalue weighted by atomic mass is 19.1. The molecule has 2 atom stereocenters. The molecule has 1 aromatic carbocycles. The molecule has 0 bridgehead atoms. The summed E-state index contributed by atoms with van der Waals surface area (Å²) in [6.45, 7) is 2.52. The van der Waals surface area contributed by atoms with E-state index in [-0.39, 0.29) is 25.5 Å². The normalized spacial score (nSPS) is 21.2. The summed E-state index contributed by atoms with van der Waals surface area (Å²) < 4.78 is 18.3. The third kappa shape index (κ3) is 3.58. The molecule has 1 N–H and O–H groups in total. The molecule has 1 amide bonds. The van der Waals surface area contributed by atoms with Crippen LogP contribution in [0.25, 0.3) is 0 Å². The molecule has 114 valence electrons. The van der Waals surface area contributed by atoms with Gasteiger partial charge in [-0.2, -0.15) is 0 Å². The molecule has 1 aromatic rings. The van der Waals surface area contributed by atoms with Gasteiger partial charge in [0.05, 0.1) is 25.7 Å². The number of carboxylic acid groups (broad SMARTS) is 1. The van der Waals surface area contributed by atoms with Crippen LogP contribution in [0.4, 0.5) is 4.39 Å². The van der Waals surface area contributed by atoms with E-state index in [0.717, 1.165) is 0 Å². The SMILES string of the molecule is CCN(C(=O)Cc1cccc(F)c1)C1COCC1C(=O)O. The number of nitrogens with zero attached hydrogens (tertiary/aromatic N) is 1. The zero-order valence-electron chi connectivity index (χ0n) is 11.8. The number of halogens is 1. The monoisotopic (exact) mass is 295 g/mol. The summed E-state index contributed by atoms with van der Waals surface area (Å²) in [5.74, 6) is -2.28. The van der Waals surface area contributed by atoms with Crippen LogP contribution in [-0.2, 0) is 20.7 Å². The van der Waals surface area contributed by atoms with Crippen LogP contribution < -0.4 is 0 Å². The van der Waals surface area contributed by atoms with Crippen LogP contribution >= 0.6 is 0 Å². The quantitative estimate of drug-likeness (QED) is 0.889. The number of carbonyl (C=O) groups is 2. The van der Waals surface area contributed by atoms with Gasteiger partial charge < -0.3 is 14.7 Å². The highest BCUT2D eigenvalue weighted by Crippen LogP contribution is 2.21. The lowest BCUT2D eigenvalue weighted by atomic mass is 10.0. The Kier molecular flexibility index (Phi) is 4.90. The van der Waals surface area contributed by atoms with Crippen LogP contribution in [0.2, 0.25) is 0 Å². The van der Waals surface area contributed by atoms with Crippen molar-refractivity contribution in [2.45, 2.75) is 19.4 Å². The van der Waals surface area contributed by atoms with Gasteiger partial charge in [0.25, 0.3) is 0 Å². The van der Waals surface area contributed by atoms with Crippen LogP contribution in [-0.4, -0.2) is 47.7 Å². The fourth-order valence-corrected chi connectivity index (χ4v) is 2.60. The first-order chi connectivity index (χ1) is 10.0. The summed E-state index contributed by atoms with van der Waals surface area (Å²) in [5, 5.41) is 9.17. The minimum absolute atomic E-state index is 0.0500. The van der Waals surface area contributed by atoms with Crippen LogP contribution in [0.15, 0.2) is 24.3 Å². The van der Waals surface area contributed by atoms with Crippen LogP contribution in [0.3, 0.4) is 0 Å². The maximum absolute atomic E-state index is 13.1. The van der Waals surface area contributed by atoms with Crippen molar-refractivity contribution in [3.63, 3.8) is 0 Å². The molecular formula is C15H18FNO4. The number of amides is 1. The number of ether oxygens (including phenoxy) is 1. The fraction of sp³-hybridized carbons (Fsp3) is 0.467. The van der Waals surface area contributed by atoms with E-state index in [4.69, 9.17) is 9.84 Å². The van der Waals surface area contributed by atoms with E-state index >= 15 is 0 Å². The number of carbonyl (C=O) groups excluding carboxylic acids is 1. The lowest BCUT2D eigenvalue weighted by Gasteiger charge is -2.29. The Morgan fingerprint density at radius 3 is 2.81 bits per heavy atom. The van der Waals surface area contributed by atoms with Crippen molar-refractivity contribution in [3.8, 4) is 0 Å². The Balaban J connectivity index is 2.10. The number of likely N-dealkylation sites (N-methyl/N-ethyl adjacent to an activating group) is 1. The molecular weight excluding hydrogens is 277 g/mol. The fourth-order valence-electron chi connectivity index (χ4n) is 2.60. The first-order valence-corrected chi connectivity index (χ1v) is 6.87. The van der Waals surface area contributed by atoms with Crippen molar-refractivity contribution in [1.29, 1.82) is 0 Å². The number of hydrogen-bond donors (Lipinski definition) is 1. The maximum Gasteiger partial charge on any atom is 0.311 e. The molecule has 0 spiro atoms. The third-order valence-corrected chi connectivity index (χ3v) is 3.67. The molecule has 1 heterocycles. The van der Waals surface area contributed by atoms with E-state index in [1.54, 1.807) is 19.1 Å². The van der Waals surface area contributed by atoms with Gasteiger partial charge in [0.1, 0.15) is 11.7 Å². The van der Waals surface area contributed by atoms with Crippen molar-refractivity contribution < 1.29 is 23.8 Å². The minimum Gasteiger partial charge on any atom is -0.481 e. The molecule has 6 heteroatoms. The van der Waals surface area contributed by atoms with Crippen molar-refractivity contribution in [1.82, 2.24) is 4.90 Å². The van der Waals surface area contributed by atoms with E-state index in [9.17, 15) is 14.0 Å². The summed E-state index contributed by atoms with van der Waals surface area (Å²) in [5.41, 5.74) is 0.573. The lowest BCUT2D eigenvalue weighted by molar-refractivity contribution is -0.144. The molecule has 2 unspecified atom stereocenters. The number of hydrogen-bond acceptors (Lipinski definition) is 3. The predicted octanol–water partition coefficient (Wildman–Crippen LogP) is 1.32. The maximum atomic E-state index is 13.1. The zero-order chi connectivity index (χ0) is 15.4. The van der Waals surface area contributed by atoms with Gasteiger partial charge in [0.15, 0.2) is 0 Å². The lowest BCUT2D eigenvalue weighted by Crippen LogP contribution is -2.47. The second-order valence-corrected chi connectivity index (χ2v) is 5.04. The molecule has 0 radical (unpaired) electrons. The number of aliphatic carboxylic acids is 1. The van der Waals surface area contributed by atoms with Crippen LogP contribution in [0, 0.1) is 11.7 Å². The minimum atomic E-state index is -0.963. The number of carboxylic acids is 1. The Hall–Kier alpha value is -1.95. The molecule has 0 saturated carbocycles. The van der Waals surface area contributed by atoms with E-state index in [2.05, 4.69) is 0 Å². The van der Waals surface area contributed by atoms with Crippen molar-refractivity contribution in [2.75, 3.05) is 19.8 Å². The van der Waals surface area contributed by atoms with Crippen molar-refractivity contribution in [3.05, 3.63) is 35.6 Å². The summed E-state index contributed by atoms with van der Waals surface area (Å²) >= 11 is 0. The topological polar surface area (TPSA) is 66.8 Å². The van der Waals surface area contributed by atoms with E-state index < -0.39 is 23.7 Å². The Bertz CT molecular complexity index is 534. The second-order valence-electron chi connectivity index (χ2n) is 5.04. The third-order valence-electron chi connectivity index (χ3n) is 3.67. The summed E-state index contributed by atoms with van der Waals surface area (Å²) in [7, 11) is 0. The first kappa shape index (κ1) is 15.4. The molecule has 1 aliphatic heterocycles. The van der Waals surface area contributed by atoms with Crippen LogP contribution in [0.1, 0.15) is 12.5 Å². The highest BCUT2D eigenvalue weighted by Gasteiger charge is 2.39. The van der Waals surface area contributed by atoms with Gasteiger partial charge in [-0.3, -0.25) is 9.59 Å². The molecule has 5 nitrogen and oxygen atoms in total. The molecule has 0 aliphatic carbocycles. The van der Waals surface area contributed by atoms with Crippen molar-refractivity contribution in [2.24, 2.45) is 5.92 Å². The Labute approximate surface area is 122 Å². The predicted molar refractivity (Wildman–Crippen MR) is 73.2 cm³/mol. The summed E-state index contributed by atoms with van der Waals surface area (Å²) in [4.78, 5) is 25.1. The summed E-state index contributed by atoms with van der Waals surface area (Å²) in [6, 6.07) is 5.39. The molecule has 1 aliphatic rings. The van der Waals surface area contributed by atoms with Gasteiger partial charge in [-0.15, -0.1) is 0 Å². The zero-order valence-corrected chi connectivity index (χ0v) is 11.8. The molecule has 1 fully saturated rings.